The molecule has 0 aliphatic carbocycles. The number of carbonyl (C=O) groups is 3. The van der Waals surface area contributed by atoms with Gasteiger partial charge < -0.3 is 24.3 Å². The molecule has 3 N–H and O–H groups in total. The highest BCUT2D eigenvalue weighted by Gasteiger charge is 2.45. The number of likely N-dealkylation sites (tertiary alicyclic amines) is 1. The number of piperazine rings is 1. The molecule has 3 amide bonds. The number of carbonyl (C=O) groups excluding carboxylic acids is 3. The van der Waals surface area contributed by atoms with Gasteiger partial charge in [0.1, 0.15) is 23.1 Å². The molecule has 0 radical (unpaired) electrons. The monoisotopic (exact) mass is 746 g/mol. The Morgan fingerprint density at radius 2 is 1.69 bits per heavy atom. The van der Waals surface area contributed by atoms with E-state index in [0.717, 1.165) is 16.7 Å². The molecule has 2 unspecified atom stereocenters. The number of imide groups is 1. The number of piperidine rings is 2. The van der Waals surface area contributed by atoms with Crippen molar-refractivity contribution in [1.29, 1.82) is 0 Å². The first kappa shape index (κ1) is 37.0. The molecule has 286 valence electrons. The number of nitrogens with one attached hydrogen (secondary N) is 3. The highest BCUT2D eigenvalue weighted by molar-refractivity contribution is 6.01. The van der Waals surface area contributed by atoms with Crippen molar-refractivity contribution < 1.29 is 32.6 Å². The number of aromatic nitrogens is 3. The average Bonchev–Trinajstić information content (AvgIpc) is 3.65. The zero-order valence-electron chi connectivity index (χ0n) is 30.5. The second kappa shape index (κ2) is 15.2. The third-order valence-corrected chi connectivity index (χ3v) is 10.7. The van der Waals surface area contributed by atoms with Gasteiger partial charge in [-0.1, -0.05) is 12.1 Å². The summed E-state index contributed by atoms with van der Waals surface area (Å²) < 4.78 is 44.2. The Morgan fingerprint density at radius 3 is 2.33 bits per heavy atom. The minimum atomic E-state index is -3.04. The van der Waals surface area contributed by atoms with E-state index in [4.69, 9.17) is 9.47 Å². The number of amides is 3. The molecule has 5 heterocycles. The van der Waals surface area contributed by atoms with E-state index in [-0.39, 0.29) is 36.8 Å². The molecule has 0 spiro atoms. The summed E-state index contributed by atoms with van der Waals surface area (Å²) in [6.07, 6.45) is 4.20. The van der Waals surface area contributed by atoms with Gasteiger partial charge in [-0.05, 0) is 54.8 Å². The molecule has 3 fully saturated rings. The third kappa shape index (κ3) is 7.53. The molecule has 2 atom stereocenters. The first-order chi connectivity index (χ1) is 25.9. The third-order valence-electron chi connectivity index (χ3n) is 10.7. The van der Waals surface area contributed by atoms with Gasteiger partial charge in [-0.25, -0.2) is 8.78 Å². The van der Waals surface area contributed by atoms with E-state index in [2.05, 4.69) is 25.7 Å². The van der Waals surface area contributed by atoms with Crippen LogP contribution in [0.5, 0.6) is 11.5 Å². The minimum absolute atomic E-state index is 0.0742. The molecule has 0 bridgehead atoms. The lowest BCUT2D eigenvalue weighted by Crippen LogP contribution is -2.54. The summed E-state index contributed by atoms with van der Waals surface area (Å²) in [6, 6.07) is 9.94. The van der Waals surface area contributed by atoms with Crippen LogP contribution < -0.4 is 25.7 Å². The minimum Gasteiger partial charge on any atom is -0.496 e. The molecular weight excluding hydrogens is 702 g/mol. The van der Waals surface area contributed by atoms with Crippen LogP contribution >= 0.6 is 0 Å². The Labute approximate surface area is 310 Å². The molecule has 16 heteroatoms. The van der Waals surface area contributed by atoms with Crippen LogP contribution in [0.15, 0.2) is 53.6 Å². The maximum Gasteiger partial charge on any atom is 0.276 e. The van der Waals surface area contributed by atoms with Crippen molar-refractivity contribution in [2.24, 2.45) is 7.05 Å². The van der Waals surface area contributed by atoms with E-state index in [0.29, 0.717) is 79.3 Å². The standard InChI is InChI=1S/C38H44F2N8O6/c1-45-19-27(26-18-41-44-35(26)37(45)52)24-16-31(53-2)28(32(17-24)54-3)20-46-12-14-48(15-13-46)34(50)21-47-11-10-29(38(39,40)22-47)23-4-6-25(7-5-23)42-30-8-9-33(49)43-36(30)51/h4-7,16-19,29-30,42H,8-15,20-22H2,1-3H3,(H,41,44)(H,43,49,51). The summed E-state index contributed by atoms with van der Waals surface area (Å²) in [5, 5.41) is 12.9. The summed E-state index contributed by atoms with van der Waals surface area (Å²) in [5.74, 6) is -3.66. The SMILES string of the molecule is COc1cc(-c2cn(C)c(=O)c3[nH]ncc23)cc(OC)c1CN1CCN(C(=O)CN2CCC(c3ccc(NC4CCC(=O)NC4=O)cc3)C(F)(F)C2)CC1. The number of rotatable bonds is 10. The van der Waals surface area contributed by atoms with Gasteiger partial charge in [-0.3, -0.25) is 39.4 Å². The van der Waals surface area contributed by atoms with Gasteiger partial charge in [0.25, 0.3) is 11.5 Å². The number of fused-ring (bicyclic) bond motifs is 1. The van der Waals surface area contributed by atoms with Crippen LogP contribution in [-0.2, 0) is 28.0 Å². The molecule has 7 rings (SSSR count). The number of hydrogen-bond donors (Lipinski definition) is 3. The number of benzene rings is 2. The van der Waals surface area contributed by atoms with Gasteiger partial charge in [0, 0.05) is 69.0 Å². The van der Waals surface area contributed by atoms with Crippen LogP contribution in [0.4, 0.5) is 14.5 Å². The quantitative estimate of drug-likeness (QED) is 0.207. The Balaban J connectivity index is 0.930. The lowest BCUT2D eigenvalue weighted by Gasteiger charge is -2.40. The van der Waals surface area contributed by atoms with E-state index in [1.165, 1.54) is 4.57 Å². The predicted octanol–water partition coefficient (Wildman–Crippen LogP) is 2.93. The molecule has 2 aromatic carbocycles. The number of alkyl halides is 2. The van der Waals surface area contributed by atoms with Crippen molar-refractivity contribution in [1.82, 2.24) is 34.8 Å². The van der Waals surface area contributed by atoms with Gasteiger partial charge in [0.05, 0.1) is 45.0 Å². The highest BCUT2D eigenvalue weighted by atomic mass is 19.3. The number of H-pyrrole nitrogens is 1. The van der Waals surface area contributed by atoms with Crippen molar-refractivity contribution in [2.45, 2.75) is 43.7 Å². The van der Waals surface area contributed by atoms with Crippen LogP contribution in [0.3, 0.4) is 0 Å². The van der Waals surface area contributed by atoms with Crippen LogP contribution in [0.25, 0.3) is 22.0 Å². The lowest BCUT2D eigenvalue weighted by atomic mass is 9.86. The zero-order chi connectivity index (χ0) is 38.1. The Kier molecular flexibility index (Phi) is 10.4. The molecule has 0 saturated carbocycles. The number of hydrogen-bond acceptors (Lipinski definition) is 10. The van der Waals surface area contributed by atoms with Crippen molar-refractivity contribution in [2.75, 3.05) is 65.3 Å². The van der Waals surface area contributed by atoms with Crippen molar-refractivity contribution >= 4 is 34.3 Å². The fourth-order valence-electron chi connectivity index (χ4n) is 7.75. The Bertz CT molecular complexity index is 2090. The van der Waals surface area contributed by atoms with Crippen molar-refractivity contribution in [3.8, 4) is 22.6 Å². The van der Waals surface area contributed by atoms with Gasteiger partial charge in [0.15, 0.2) is 0 Å². The number of anilines is 1. The fourth-order valence-corrected chi connectivity index (χ4v) is 7.75. The first-order valence-corrected chi connectivity index (χ1v) is 18.0. The summed E-state index contributed by atoms with van der Waals surface area (Å²) >= 11 is 0. The topological polar surface area (TPSA) is 154 Å². The number of halogens is 2. The van der Waals surface area contributed by atoms with E-state index < -0.39 is 30.3 Å². The Hall–Kier alpha value is -5.35. The maximum atomic E-state index is 15.5. The van der Waals surface area contributed by atoms with Gasteiger partial charge in [0.2, 0.25) is 17.7 Å². The Morgan fingerprint density at radius 1 is 0.981 bits per heavy atom. The highest BCUT2D eigenvalue weighted by Crippen LogP contribution is 2.41. The number of nitrogens with zero attached hydrogens (tertiary/aromatic N) is 5. The second-order valence-electron chi connectivity index (χ2n) is 14.2. The van der Waals surface area contributed by atoms with Gasteiger partial charge in [-0.15, -0.1) is 0 Å². The van der Waals surface area contributed by atoms with Crippen molar-refractivity contribution in [3.05, 3.63) is 70.3 Å². The van der Waals surface area contributed by atoms with Crippen LogP contribution in [0.1, 0.15) is 36.3 Å². The van der Waals surface area contributed by atoms with Crippen LogP contribution in [0, 0.1) is 0 Å². The van der Waals surface area contributed by atoms with Gasteiger partial charge >= 0.3 is 0 Å². The van der Waals surface area contributed by atoms with Crippen LogP contribution in [0.2, 0.25) is 0 Å². The molecule has 14 nitrogen and oxygen atoms in total. The molecule has 2 aromatic heterocycles. The van der Waals surface area contributed by atoms with E-state index >= 15 is 8.78 Å². The van der Waals surface area contributed by atoms with Crippen LogP contribution in [-0.4, -0.2) is 119 Å². The molecule has 4 aromatic rings. The smallest absolute Gasteiger partial charge is 0.276 e. The average molecular weight is 747 g/mol. The number of aryl methyl sites for hydroxylation is 1. The predicted molar refractivity (Wildman–Crippen MR) is 197 cm³/mol. The summed E-state index contributed by atoms with van der Waals surface area (Å²) in [5.41, 5.74) is 3.80. The largest absolute Gasteiger partial charge is 0.496 e. The van der Waals surface area contributed by atoms with Gasteiger partial charge in [-0.2, -0.15) is 5.10 Å². The molecule has 3 aliphatic heterocycles. The molecule has 3 aliphatic rings. The second-order valence-corrected chi connectivity index (χ2v) is 14.2. The lowest BCUT2D eigenvalue weighted by molar-refractivity contribution is -0.138. The van der Waals surface area contributed by atoms with Crippen molar-refractivity contribution in [3.63, 3.8) is 0 Å². The molecule has 54 heavy (non-hydrogen) atoms. The summed E-state index contributed by atoms with van der Waals surface area (Å²) in [6.45, 7) is 2.38. The maximum absolute atomic E-state index is 15.5. The van der Waals surface area contributed by atoms with E-state index in [1.54, 1.807) is 67.7 Å². The number of pyridine rings is 1. The molecular formula is C38H44F2N8O6. The summed E-state index contributed by atoms with van der Waals surface area (Å²) in [7, 11) is 4.88. The zero-order valence-corrected chi connectivity index (χ0v) is 30.5. The van der Waals surface area contributed by atoms with E-state index in [9.17, 15) is 19.2 Å². The number of methoxy groups -OCH3 is 2. The first-order valence-electron chi connectivity index (χ1n) is 18.0. The van der Waals surface area contributed by atoms with E-state index in [1.807, 2.05) is 12.1 Å². The normalized spacial score (nSPS) is 20.9. The molecule has 3 saturated heterocycles. The summed E-state index contributed by atoms with van der Waals surface area (Å²) in [4.78, 5) is 54.9. The number of ether oxygens (including phenoxy) is 2. The fraction of sp³-hybridized carbons (Fsp3) is 0.447. The number of aromatic amines is 1.